The number of aromatic nitrogens is 2. The predicted molar refractivity (Wildman–Crippen MR) is 91.1 cm³/mol. The molecule has 0 bridgehead atoms. The summed E-state index contributed by atoms with van der Waals surface area (Å²) in [4.78, 5) is 16.4. The van der Waals surface area contributed by atoms with Crippen molar-refractivity contribution in [3.63, 3.8) is 0 Å². The van der Waals surface area contributed by atoms with E-state index in [4.69, 9.17) is 0 Å². The van der Waals surface area contributed by atoms with Crippen LogP contribution in [0.4, 0.5) is 4.39 Å². The first-order valence-electron chi connectivity index (χ1n) is 7.75. The van der Waals surface area contributed by atoms with Crippen LogP contribution in [0.5, 0.6) is 0 Å². The molecule has 1 aromatic heterocycles. The van der Waals surface area contributed by atoms with Crippen molar-refractivity contribution < 1.29 is 9.18 Å². The quantitative estimate of drug-likeness (QED) is 0.778. The molecule has 0 spiro atoms. The molecule has 1 amide bonds. The lowest BCUT2D eigenvalue weighted by Gasteiger charge is -2.14. The van der Waals surface area contributed by atoms with Gasteiger partial charge in [-0.3, -0.25) is 4.79 Å². The highest BCUT2D eigenvalue weighted by molar-refractivity contribution is 5.95. The standard InChI is InChI=1S/C19H18FN3O/c1-14(23-10-9-21-13-23)12-22-19(24)17-4-2-3-16(11-17)15-5-7-18(20)8-6-15/h2-11,13-14H,12H2,1H3,(H,22,24). The third-order valence-electron chi connectivity index (χ3n) is 3.89. The fraction of sp³-hybridized carbons (Fsp3) is 0.158. The Balaban J connectivity index is 1.69. The van der Waals surface area contributed by atoms with Crippen molar-refractivity contribution in [2.45, 2.75) is 13.0 Å². The topological polar surface area (TPSA) is 46.9 Å². The maximum Gasteiger partial charge on any atom is 0.251 e. The summed E-state index contributed by atoms with van der Waals surface area (Å²) in [6.45, 7) is 2.52. The molecule has 5 heteroatoms. The smallest absolute Gasteiger partial charge is 0.251 e. The number of carbonyl (C=O) groups is 1. The summed E-state index contributed by atoms with van der Waals surface area (Å²) in [6.07, 6.45) is 5.31. The van der Waals surface area contributed by atoms with Crippen LogP contribution < -0.4 is 5.32 Å². The van der Waals surface area contributed by atoms with Crippen molar-refractivity contribution >= 4 is 5.91 Å². The van der Waals surface area contributed by atoms with Gasteiger partial charge >= 0.3 is 0 Å². The molecule has 0 saturated carbocycles. The third kappa shape index (κ3) is 3.68. The fourth-order valence-corrected chi connectivity index (χ4v) is 2.46. The van der Waals surface area contributed by atoms with Crippen LogP contribution in [0.15, 0.2) is 67.3 Å². The second kappa shape index (κ2) is 7.08. The molecule has 0 radical (unpaired) electrons. The van der Waals surface area contributed by atoms with Crippen LogP contribution in [-0.2, 0) is 0 Å². The van der Waals surface area contributed by atoms with E-state index in [0.717, 1.165) is 11.1 Å². The van der Waals surface area contributed by atoms with E-state index in [0.29, 0.717) is 12.1 Å². The molecule has 0 saturated heterocycles. The molecule has 0 aliphatic heterocycles. The number of nitrogens with zero attached hydrogens (tertiary/aromatic N) is 2. The van der Waals surface area contributed by atoms with Gasteiger partial charge in [0, 0.05) is 30.5 Å². The minimum Gasteiger partial charge on any atom is -0.350 e. The van der Waals surface area contributed by atoms with E-state index in [9.17, 15) is 9.18 Å². The number of amides is 1. The highest BCUT2D eigenvalue weighted by Gasteiger charge is 2.10. The zero-order valence-electron chi connectivity index (χ0n) is 13.3. The molecule has 122 valence electrons. The molecule has 1 unspecified atom stereocenters. The van der Waals surface area contributed by atoms with Crippen LogP contribution in [0.2, 0.25) is 0 Å². The number of benzene rings is 2. The molecule has 1 heterocycles. The summed E-state index contributed by atoms with van der Waals surface area (Å²) in [5, 5.41) is 2.93. The van der Waals surface area contributed by atoms with Gasteiger partial charge in [-0.25, -0.2) is 9.37 Å². The van der Waals surface area contributed by atoms with E-state index in [-0.39, 0.29) is 17.8 Å². The monoisotopic (exact) mass is 323 g/mol. The van der Waals surface area contributed by atoms with E-state index in [1.165, 1.54) is 12.1 Å². The molecule has 0 aliphatic rings. The highest BCUT2D eigenvalue weighted by atomic mass is 19.1. The second-order valence-corrected chi connectivity index (χ2v) is 5.66. The van der Waals surface area contributed by atoms with Crippen molar-refractivity contribution in [1.82, 2.24) is 14.9 Å². The Labute approximate surface area is 140 Å². The zero-order chi connectivity index (χ0) is 16.9. The van der Waals surface area contributed by atoms with Crippen molar-refractivity contribution in [2.75, 3.05) is 6.54 Å². The number of hydrogen-bond donors (Lipinski definition) is 1. The van der Waals surface area contributed by atoms with Gasteiger partial charge in [0.1, 0.15) is 5.82 Å². The first kappa shape index (κ1) is 15.9. The summed E-state index contributed by atoms with van der Waals surface area (Å²) in [6, 6.07) is 13.7. The number of hydrogen-bond acceptors (Lipinski definition) is 2. The molecule has 1 atom stereocenters. The van der Waals surface area contributed by atoms with Crippen LogP contribution in [-0.4, -0.2) is 22.0 Å². The lowest BCUT2D eigenvalue weighted by molar-refractivity contribution is 0.0948. The number of imidazole rings is 1. The van der Waals surface area contributed by atoms with E-state index in [2.05, 4.69) is 10.3 Å². The van der Waals surface area contributed by atoms with Crippen molar-refractivity contribution in [1.29, 1.82) is 0 Å². The van der Waals surface area contributed by atoms with Crippen molar-refractivity contribution in [3.8, 4) is 11.1 Å². The van der Waals surface area contributed by atoms with E-state index < -0.39 is 0 Å². The average molecular weight is 323 g/mol. The molecule has 24 heavy (non-hydrogen) atoms. The summed E-state index contributed by atoms with van der Waals surface area (Å²) < 4.78 is 15.0. The lowest BCUT2D eigenvalue weighted by Crippen LogP contribution is -2.29. The predicted octanol–water partition coefficient (Wildman–Crippen LogP) is 3.68. The normalized spacial score (nSPS) is 11.9. The number of halogens is 1. The van der Waals surface area contributed by atoms with Gasteiger partial charge in [0.2, 0.25) is 0 Å². The maximum atomic E-state index is 13.0. The van der Waals surface area contributed by atoms with Gasteiger partial charge in [0.05, 0.1) is 6.33 Å². The minimum atomic E-state index is -0.277. The van der Waals surface area contributed by atoms with Crippen LogP contribution in [0.25, 0.3) is 11.1 Å². The van der Waals surface area contributed by atoms with Gasteiger partial charge in [-0.2, -0.15) is 0 Å². The van der Waals surface area contributed by atoms with Crippen LogP contribution in [0.1, 0.15) is 23.3 Å². The van der Waals surface area contributed by atoms with Crippen molar-refractivity contribution in [3.05, 3.63) is 78.6 Å². The van der Waals surface area contributed by atoms with E-state index in [1.807, 2.05) is 35.9 Å². The summed E-state index contributed by atoms with van der Waals surface area (Å²) in [7, 11) is 0. The molecular weight excluding hydrogens is 305 g/mol. The van der Waals surface area contributed by atoms with Crippen LogP contribution in [0, 0.1) is 5.82 Å². The molecule has 2 aromatic carbocycles. The zero-order valence-corrected chi connectivity index (χ0v) is 13.3. The van der Waals surface area contributed by atoms with Crippen LogP contribution in [0.3, 0.4) is 0 Å². The maximum absolute atomic E-state index is 13.0. The minimum absolute atomic E-state index is 0.122. The van der Waals surface area contributed by atoms with Gasteiger partial charge in [-0.05, 0) is 42.3 Å². The lowest BCUT2D eigenvalue weighted by atomic mass is 10.0. The second-order valence-electron chi connectivity index (χ2n) is 5.66. The van der Waals surface area contributed by atoms with E-state index in [1.54, 1.807) is 30.7 Å². The number of carbonyl (C=O) groups excluding carboxylic acids is 1. The Morgan fingerprint density at radius 1 is 1.21 bits per heavy atom. The molecule has 1 N–H and O–H groups in total. The number of rotatable bonds is 5. The SMILES string of the molecule is CC(CNC(=O)c1cccc(-c2ccc(F)cc2)c1)n1ccnc1. The Bertz CT molecular complexity index is 813. The molecule has 0 aliphatic carbocycles. The molecule has 3 aromatic rings. The first-order chi connectivity index (χ1) is 11.6. The number of nitrogens with one attached hydrogen (secondary N) is 1. The molecular formula is C19H18FN3O. The van der Waals surface area contributed by atoms with E-state index >= 15 is 0 Å². The fourth-order valence-electron chi connectivity index (χ4n) is 2.46. The Hall–Kier alpha value is -2.95. The Kier molecular flexibility index (Phi) is 4.70. The first-order valence-corrected chi connectivity index (χ1v) is 7.75. The highest BCUT2D eigenvalue weighted by Crippen LogP contribution is 2.20. The van der Waals surface area contributed by atoms with Gasteiger partial charge in [-0.15, -0.1) is 0 Å². The van der Waals surface area contributed by atoms with Gasteiger partial charge < -0.3 is 9.88 Å². The Morgan fingerprint density at radius 3 is 2.71 bits per heavy atom. The summed E-state index contributed by atoms with van der Waals surface area (Å²) in [5.74, 6) is -0.410. The molecule has 0 fully saturated rings. The summed E-state index contributed by atoms with van der Waals surface area (Å²) in [5.41, 5.74) is 2.33. The average Bonchev–Trinajstić information content (AvgIpc) is 3.15. The largest absolute Gasteiger partial charge is 0.350 e. The summed E-state index contributed by atoms with van der Waals surface area (Å²) >= 11 is 0. The van der Waals surface area contributed by atoms with Gasteiger partial charge in [0.25, 0.3) is 5.91 Å². The molecule has 4 nitrogen and oxygen atoms in total. The van der Waals surface area contributed by atoms with Crippen LogP contribution >= 0.6 is 0 Å². The Morgan fingerprint density at radius 2 is 2.00 bits per heavy atom. The van der Waals surface area contributed by atoms with Gasteiger partial charge in [-0.1, -0.05) is 24.3 Å². The third-order valence-corrected chi connectivity index (χ3v) is 3.89. The van der Waals surface area contributed by atoms with Gasteiger partial charge in [0.15, 0.2) is 0 Å². The molecule has 3 rings (SSSR count). The van der Waals surface area contributed by atoms with Crippen molar-refractivity contribution in [2.24, 2.45) is 0 Å².